The van der Waals surface area contributed by atoms with E-state index in [1.54, 1.807) is 44.2 Å². The lowest BCUT2D eigenvalue weighted by Gasteiger charge is -2.26. The highest BCUT2D eigenvalue weighted by atomic mass is 79.9. The van der Waals surface area contributed by atoms with Gasteiger partial charge < -0.3 is 15.4 Å². The van der Waals surface area contributed by atoms with Crippen molar-refractivity contribution in [1.29, 1.82) is 5.26 Å². The van der Waals surface area contributed by atoms with Gasteiger partial charge in [-0.1, -0.05) is 28.1 Å². The fourth-order valence-electron chi connectivity index (χ4n) is 2.94. The Balaban J connectivity index is 2.00. The number of esters is 1. The van der Waals surface area contributed by atoms with Crippen LogP contribution >= 0.6 is 15.9 Å². The largest absolute Gasteiger partial charge is 0.463 e. The molecule has 2 aromatic carbocycles. The first kappa shape index (κ1) is 20.6. The summed E-state index contributed by atoms with van der Waals surface area (Å²) in [6.07, 6.45) is 0. The predicted octanol–water partition coefficient (Wildman–Crippen LogP) is 4.41. The third-order valence-corrected chi connectivity index (χ3v) is 4.77. The fraction of sp³-hybridized carbons (Fsp3) is 0.190. The van der Waals surface area contributed by atoms with Gasteiger partial charge in [-0.05, 0) is 49.7 Å². The van der Waals surface area contributed by atoms with E-state index in [2.05, 4.69) is 37.6 Å². The number of carbonyl (C=O) groups is 1. The number of hydrogen-bond acceptors (Lipinski definition) is 6. The summed E-state index contributed by atoms with van der Waals surface area (Å²) in [7, 11) is 0. The number of rotatable bonds is 4. The van der Waals surface area contributed by atoms with Crippen molar-refractivity contribution in [2.45, 2.75) is 19.9 Å². The van der Waals surface area contributed by atoms with E-state index in [0.29, 0.717) is 34.0 Å². The maximum absolute atomic E-state index is 13.4. The quantitative estimate of drug-likeness (QED) is 0.665. The van der Waals surface area contributed by atoms with Crippen LogP contribution in [0.4, 0.5) is 10.1 Å². The third-order valence-electron chi connectivity index (χ3n) is 4.28. The number of nitrogens with one attached hydrogen (secondary N) is 2. The van der Waals surface area contributed by atoms with E-state index in [9.17, 15) is 14.4 Å². The minimum absolute atomic E-state index is 0.227. The molecule has 148 valence electrons. The number of ether oxygens (including phenoxy) is 1. The monoisotopic (exact) mass is 456 g/mol. The second-order valence-corrected chi connectivity index (χ2v) is 7.16. The number of allylic oxidation sites excluding steroid dienone is 1. The van der Waals surface area contributed by atoms with Crippen LogP contribution < -0.4 is 10.6 Å². The Bertz CT molecular complexity index is 1040. The number of nitriles is 1. The molecule has 1 aliphatic rings. The summed E-state index contributed by atoms with van der Waals surface area (Å²) in [5.74, 6) is -0.503. The van der Waals surface area contributed by atoms with Crippen molar-refractivity contribution in [3.05, 3.63) is 75.2 Å². The zero-order chi connectivity index (χ0) is 21.0. The topological polar surface area (TPSA) is 86.5 Å². The molecule has 0 spiro atoms. The van der Waals surface area contributed by atoms with Crippen LogP contribution in [0.5, 0.6) is 0 Å². The molecule has 0 bridgehead atoms. The first-order chi connectivity index (χ1) is 13.9. The summed E-state index contributed by atoms with van der Waals surface area (Å²) in [4.78, 5) is 17.1. The van der Waals surface area contributed by atoms with E-state index < -0.39 is 12.0 Å². The summed E-state index contributed by atoms with van der Waals surface area (Å²) < 4.78 is 19.4. The van der Waals surface area contributed by atoms with E-state index in [1.807, 2.05) is 0 Å². The van der Waals surface area contributed by atoms with E-state index in [0.717, 1.165) is 4.47 Å². The van der Waals surface area contributed by atoms with Gasteiger partial charge in [0, 0.05) is 10.2 Å². The van der Waals surface area contributed by atoms with Crippen molar-refractivity contribution in [3.63, 3.8) is 0 Å². The summed E-state index contributed by atoms with van der Waals surface area (Å²) in [6, 6.07) is 12.5. The molecule has 1 atom stereocenters. The number of aliphatic imine (C=N–C) groups is 1. The molecule has 1 unspecified atom stereocenters. The van der Waals surface area contributed by atoms with Crippen LogP contribution in [0.15, 0.2) is 63.2 Å². The summed E-state index contributed by atoms with van der Waals surface area (Å²) >= 11 is 3.34. The highest BCUT2D eigenvalue weighted by Gasteiger charge is 2.30. The van der Waals surface area contributed by atoms with Crippen LogP contribution in [0.25, 0.3) is 0 Å². The van der Waals surface area contributed by atoms with E-state index >= 15 is 0 Å². The standard InChI is InChI=1S/C21H18BrFN4O2/c1-3-29-20(28)18-12(2)25-21(26-17-9-6-15(22)10-14(17)11-24)27-19(18)13-4-7-16(23)8-5-13/h4-10,19H,3H2,1-2H3,(H2,25,26,27). The average Bonchev–Trinajstić information content (AvgIpc) is 2.69. The lowest BCUT2D eigenvalue weighted by atomic mass is 9.96. The van der Waals surface area contributed by atoms with Crippen LogP contribution in [0.1, 0.15) is 31.0 Å². The average molecular weight is 457 g/mol. The molecule has 29 heavy (non-hydrogen) atoms. The van der Waals surface area contributed by atoms with Crippen LogP contribution in [0, 0.1) is 17.1 Å². The van der Waals surface area contributed by atoms with Gasteiger partial charge in [0.25, 0.3) is 0 Å². The Morgan fingerprint density at radius 2 is 2.07 bits per heavy atom. The van der Waals surface area contributed by atoms with Gasteiger partial charge in [0.2, 0.25) is 5.96 Å². The molecule has 0 fully saturated rings. The van der Waals surface area contributed by atoms with Crippen LogP contribution in [-0.2, 0) is 9.53 Å². The Labute approximate surface area is 176 Å². The molecule has 0 radical (unpaired) electrons. The molecule has 0 aromatic heterocycles. The lowest BCUT2D eigenvalue weighted by molar-refractivity contribution is -0.138. The van der Waals surface area contributed by atoms with E-state index in [-0.39, 0.29) is 12.4 Å². The maximum Gasteiger partial charge on any atom is 0.338 e. The molecule has 6 nitrogen and oxygen atoms in total. The molecule has 8 heteroatoms. The second-order valence-electron chi connectivity index (χ2n) is 6.24. The molecule has 0 aliphatic carbocycles. The molecule has 2 N–H and O–H groups in total. The van der Waals surface area contributed by atoms with Crippen molar-refractivity contribution >= 4 is 33.5 Å². The molecule has 0 saturated heterocycles. The molecule has 0 saturated carbocycles. The minimum Gasteiger partial charge on any atom is -0.463 e. The molecule has 3 rings (SSSR count). The highest BCUT2D eigenvalue weighted by molar-refractivity contribution is 9.10. The van der Waals surface area contributed by atoms with Gasteiger partial charge >= 0.3 is 5.97 Å². The van der Waals surface area contributed by atoms with Gasteiger partial charge in [-0.25, -0.2) is 14.2 Å². The van der Waals surface area contributed by atoms with E-state index in [4.69, 9.17) is 4.74 Å². The van der Waals surface area contributed by atoms with Crippen molar-refractivity contribution in [1.82, 2.24) is 5.32 Å². The Morgan fingerprint density at radius 3 is 2.72 bits per heavy atom. The second kappa shape index (κ2) is 8.88. The molecule has 1 heterocycles. The normalized spacial score (nSPS) is 15.8. The van der Waals surface area contributed by atoms with Gasteiger partial charge in [0.15, 0.2) is 0 Å². The summed E-state index contributed by atoms with van der Waals surface area (Å²) in [5, 5.41) is 15.5. The number of benzene rings is 2. The van der Waals surface area contributed by atoms with Gasteiger partial charge in [0.05, 0.1) is 23.4 Å². The number of hydrogen-bond donors (Lipinski definition) is 2. The number of halogens is 2. The molecular formula is C21H18BrFN4O2. The maximum atomic E-state index is 13.4. The molecule has 0 amide bonds. The summed E-state index contributed by atoms with van der Waals surface area (Å²) in [6.45, 7) is 3.70. The zero-order valence-corrected chi connectivity index (χ0v) is 17.4. The number of anilines is 1. The first-order valence-corrected chi connectivity index (χ1v) is 9.67. The Hall–Kier alpha value is -3.18. The van der Waals surface area contributed by atoms with Crippen molar-refractivity contribution in [2.75, 3.05) is 11.9 Å². The van der Waals surface area contributed by atoms with Gasteiger partial charge in [-0.15, -0.1) is 0 Å². The third kappa shape index (κ3) is 4.63. The SMILES string of the molecule is CCOC(=O)C1=C(C)NC(Nc2ccc(Br)cc2C#N)=NC1c1ccc(F)cc1. The summed E-state index contributed by atoms with van der Waals surface area (Å²) in [5.41, 5.74) is 2.55. The van der Waals surface area contributed by atoms with Crippen LogP contribution in [0.3, 0.4) is 0 Å². The van der Waals surface area contributed by atoms with Crippen molar-refractivity contribution in [2.24, 2.45) is 4.99 Å². The Kier molecular flexibility index (Phi) is 6.29. The predicted molar refractivity (Wildman–Crippen MR) is 112 cm³/mol. The zero-order valence-electron chi connectivity index (χ0n) is 15.8. The fourth-order valence-corrected chi connectivity index (χ4v) is 3.31. The first-order valence-electron chi connectivity index (χ1n) is 8.87. The van der Waals surface area contributed by atoms with Gasteiger partial charge in [-0.2, -0.15) is 5.26 Å². The van der Waals surface area contributed by atoms with Crippen molar-refractivity contribution < 1.29 is 13.9 Å². The van der Waals surface area contributed by atoms with E-state index in [1.165, 1.54) is 12.1 Å². The van der Waals surface area contributed by atoms with Gasteiger partial charge in [0.1, 0.15) is 17.9 Å². The van der Waals surface area contributed by atoms with Crippen molar-refractivity contribution in [3.8, 4) is 6.07 Å². The minimum atomic E-state index is -0.681. The Morgan fingerprint density at radius 1 is 1.34 bits per heavy atom. The molecule has 2 aromatic rings. The molecular weight excluding hydrogens is 439 g/mol. The highest BCUT2D eigenvalue weighted by Crippen LogP contribution is 2.32. The van der Waals surface area contributed by atoms with Crippen LogP contribution in [0.2, 0.25) is 0 Å². The number of carbonyl (C=O) groups excluding carboxylic acids is 1. The smallest absolute Gasteiger partial charge is 0.338 e. The number of guanidine groups is 1. The van der Waals surface area contributed by atoms with Gasteiger partial charge in [-0.3, -0.25) is 0 Å². The molecule has 1 aliphatic heterocycles. The number of nitrogens with zero attached hydrogens (tertiary/aromatic N) is 2. The lowest BCUT2D eigenvalue weighted by Crippen LogP contribution is -2.36. The van der Waals surface area contributed by atoms with Crippen LogP contribution in [-0.4, -0.2) is 18.5 Å².